The van der Waals surface area contributed by atoms with E-state index in [1.807, 2.05) is 31.2 Å². The summed E-state index contributed by atoms with van der Waals surface area (Å²) in [5.41, 5.74) is 5.54. The molecular weight excluding hydrogens is 729 g/mol. The van der Waals surface area contributed by atoms with Crippen molar-refractivity contribution >= 4 is 15.6 Å². The Morgan fingerprint density at radius 3 is 1.28 bits per heavy atom. The third kappa shape index (κ3) is 7.37. The molecule has 4 aliphatic rings. The first-order chi connectivity index (χ1) is 27.1. The minimum Gasteiger partial charge on any atom is -0.497 e. The number of carbonyl (C=O) groups excluding carboxylic acids is 1. The highest BCUT2D eigenvalue weighted by Crippen LogP contribution is 2.66. The van der Waals surface area contributed by atoms with Crippen LogP contribution < -0.4 is 14.2 Å². The number of ketones is 1. The Bertz CT molecular complexity index is 2460. The van der Waals surface area contributed by atoms with Gasteiger partial charge in [-0.15, -0.1) is 0 Å². The Labute approximate surface area is 336 Å². The SMILES string of the molecule is C.COc1ccc(C23CC4CC(C2)CC(c2ccc(Oc5ccc(S(=O)(=O)c6ccc(Oc7ccc(C(=O)c8ccc(C)cc8)cc7)cc6)cc5)cc2)(C4)C3)cc1. The molecule has 4 aliphatic carbocycles. The molecule has 0 heterocycles. The first kappa shape index (κ1) is 38.2. The van der Waals surface area contributed by atoms with E-state index >= 15 is 0 Å². The monoisotopic (exact) mass is 776 g/mol. The molecule has 0 radical (unpaired) electrons. The van der Waals surface area contributed by atoms with Crippen molar-refractivity contribution in [1.82, 2.24) is 0 Å². The highest BCUT2D eigenvalue weighted by Gasteiger charge is 2.58. The zero-order valence-electron chi connectivity index (χ0n) is 31.6. The molecule has 0 aliphatic heterocycles. The van der Waals surface area contributed by atoms with E-state index in [9.17, 15) is 13.2 Å². The maximum Gasteiger partial charge on any atom is 0.206 e. The highest BCUT2D eigenvalue weighted by atomic mass is 32.2. The Hall–Kier alpha value is -5.66. The summed E-state index contributed by atoms with van der Waals surface area (Å²) in [4.78, 5) is 13.2. The predicted molar refractivity (Wildman–Crippen MR) is 224 cm³/mol. The highest BCUT2D eigenvalue weighted by molar-refractivity contribution is 7.91. The van der Waals surface area contributed by atoms with E-state index < -0.39 is 9.84 Å². The zero-order chi connectivity index (χ0) is 38.5. The standard InChI is InChI=1S/C49H44O6S.CH4/c1-33-3-5-36(6-4-33)47(50)37-7-13-41(14-8-37)54-43-19-23-45(24-20-43)56(51,52)46-25-21-44(22-26-46)55-42-17-11-39(12-18-42)49-30-34-27-35(31-49)29-48(28-34,32-49)38-9-15-40(53-2)16-10-38;/h3-26,34-35H,27-32H2,1-2H3;1H4. The van der Waals surface area contributed by atoms with Crippen LogP contribution >= 0.6 is 0 Å². The smallest absolute Gasteiger partial charge is 0.206 e. The molecule has 290 valence electrons. The van der Waals surface area contributed by atoms with E-state index in [1.165, 1.54) is 61.8 Å². The summed E-state index contributed by atoms with van der Waals surface area (Å²) < 4.78 is 44.7. The molecule has 0 aromatic heterocycles. The normalized spacial score (nSPS) is 22.0. The zero-order valence-corrected chi connectivity index (χ0v) is 32.4. The van der Waals surface area contributed by atoms with Crippen LogP contribution in [-0.4, -0.2) is 21.3 Å². The van der Waals surface area contributed by atoms with Gasteiger partial charge in [-0.3, -0.25) is 4.79 Å². The summed E-state index contributed by atoms with van der Waals surface area (Å²) in [6.45, 7) is 1.98. The molecule has 0 saturated heterocycles. The number of aryl methyl sites for hydroxylation is 1. The average molecular weight is 777 g/mol. The number of carbonyl (C=O) groups is 1. The van der Waals surface area contributed by atoms with Crippen molar-refractivity contribution in [2.45, 2.75) is 73.5 Å². The summed E-state index contributed by atoms with van der Waals surface area (Å²) in [5.74, 6) is 4.67. The lowest BCUT2D eigenvalue weighted by atomic mass is 9.42. The molecule has 6 aromatic carbocycles. The quantitative estimate of drug-likeness (QED) is 0.122. The molecule has 2 atom stereocenters. The van der Waals surface area contributed by atoms with Gasteiger partial charge in [-0.1, -0.05) is 61.5 Å². The van der Waals surface area contributed by atoms with Crippen molar-refractivity contribution in [1.29, 1.82) is 0 Å². The average Bonchev–Trinajstić information content (AvgIpc) is 3.21. The van der Waals surface area contributed by atoms with Crippen LogP contribution in [0.25, 0.3) is 0 Å². The summed E-state index contributed by atoms with van der Waals surface area (Å²) >= 11 is 0. The third-order valence-electron chi connectivity index (χ3n) is 12.4. The third-order valence-corrected chi connectivity index (χ3v) is 14.2. The number of hydrogen-bond donors (Lipinski definition) is 0. The minimum atomic E-state index is -3.77. The van der Waals surface area contributed by atoms with Crippen molar-refractivity contribution < 1.29 is 27.4 Å². The Morgan fingerprint density at radius 1 is 0.526 bits per heavy atom. The van der Waals surface area contributed by atoms with E-state index in [2.05, 4.69) is 48.5 Å². The van der Waals surface area contributed by atoms with Gasteiger partial charge in [-0.2, -0.15) is 0 Å². The van der Waals surface area contributed by atoms with Gasteiger partial charge in [0, 0.05) is 11.1 Å². The lowest BCUT2D eigenvalue weighted by Gasteiger charge is -2.62. The Morgan fingerprint density at radius 2 is 0.877 bits per heavy atom. The van der Waals surface area contributed by atoms with Crippen LogP contribution in [-0.2, 0) is 20.7 Å². The van der Waals surface area contributed by atoms with E-state index in [1.54, 1.807) is 67.8 Å². The van der Waals surface area contributed by atoms with Crippen LogP contribution in [0, 0.1) is 18.8 Å². The van der Waals surface area contributed by atoms with E-state index in [0.29, 0.717) is 28.4 Å². The van der Waals surface area contributed by atoms with Gasteiger partial charge in [0.15, 0.2) is 5.78 Å². The van der Waals surface area contributed by atoms with Crippen molar-refractivity contribution in [2.75, 3.05) is 7.11 Å². The second kappa shape index (κ2) is 15.0. The largest absolute Gasteiger partial charge is 0.497 e. The van der Waals surface area contributed by atoms with Crippen LogP contribution in [0.3, 0.4) is 0 Å². The molecule has 4 bridgehead atoms. The summed E-state index contributed by atoms with van der Waals surface area (Å²) in [6.07, 6.45) is 7.58. The Kier molecular flexibility index (Phi) is 10.1. The number of hydrogen-bond acceptors (Lipinski definition) is 6. The summed E-state index contributed by atoms with van der Waals surface area (Å²) in [6, 6.07) is 44.7. The Balaban J connectivity index is 0.00000455. The van der Waals surface area contributed by atoms with Crippen LogP contribution in [0.15, 0.2) is 155 Å². The van der Waals surface area contributed by atoms with E-state index in [0.717, 1.165) is 28.9 Å². The first-order valence-corrected chi connectivity index (χ1v) is 20.9. The summed E-state index contributed by atoms with van der Waals surface area (Å²) in [5, 5.41) is 0. The lowest BCUT2D eigenvalue weighted by Crippen LogP contribution is -2.55. The fourth-order valence-corrected chi connectivity index (χ4v) is 11.3. The van der Waals surface area contributed by atoms with E-state index in [-0.39, 0.29) is 33.8 Å². The van der Waals surface area contributed by atoms with Crippen LogP contribution in [0.2, 0.25) is 0 Å². The topological polar surface area (TPSA) is 78.9 Å². The van der Waals surface area contributed by atoms with Gasteiger partial charge in [0.25, 0.3) is 0 Å². The van der Waals surface area contributed by atoms with Crippen LogP contribution in [0.5, 0.6) is 28.7 Å². The van der Waals surface area contributed by atoms with Crippen molar-refractivity contribution in [3.63, 3.8) is 0 Å². The van der Waals surface area contributed by atoms with Crippen molar-refractivity contribution in [3.8, 4) is 28.7 Å². The number of benzene rings is 6. The van der Waals surface area contributed by atoms with Gasteiger partial charge in [0.05, 0.1) is 16.9 Å². The maximum atomic E-state index is 13.5. The minimum absolute atomic E-state index is 0. The lowest BCUT2D eigenvalue weighted by molar-refractivity contribution is -0.0281. The van der Waals surface area contributed by atoms with Gasteiger partial charge in [-0.05, 0) is 176 Å². The summed E-state index contributed by atoms with van der Waals surface area (Å²) in [7, 11) is -2.05. The molecule has 6 nitrogen and oxygen atoms in total. The van der Waals surface area contributed by atoms with Gasteiger partial charge in [-0.25, -0.2) is 8.42 Å². The second-order valence-electron chi connectivity index (χ2n) is 16.1. The van der Waals surface area contributed by atoms with Crippen LogP contribution in [0.4, 0.5) is 0 Å². The second-order valence-corrected chi connectivity index (χ2v) is 18.1. The molecule has 0 amide bonds. The van der Waals surface area contributed by atoms with Crippen molar-refractivity contribution in [2.24, 2.45) is 11.8 Å². The van der Waals surface area contributed by atoms with Gasteiger partial charge in [0.1, 0.15) is 28.7 Å². The molecule has 10 rings (SSSR count). The molecule has 4 fully saturated rings. The number of rotatable bonds is 11. The molecule has 2 unspecified atom stereocenters. The molecule has 57 heavy (non-hydrogen) atoms. The number of methoxy groups -OCH3 is 1. The molecule has 0 spiro atoms. The predicted octanol–water partition coefficient (Wildman–Crippen LogP) is 12.1. The molecule has 6 aromatic rings. The molecular formula is C50H48O6S. The van der Waals surface area contributed by atoms with Crippen LogP contribution in [0.1, 0.15) is 78.6 Å². The number of sulfone groups is 1. The molecule has 0 N–H and O–H groups in total. The fraction of sp³-hybridized carbons (Fsp3) is 0.260. The molecule has 7 heteroatoms. The first-order valence-electron chi connectivity index (χ1n) is 19.4. The van der Waals surface area contributed by atoms with Gasteiger partial charge < -0.3 is 14.2 Å². The van der Waals surface area contributed by atoms with Gasteiger partial charge in [0.2, 0.25) is 9.84 Å². The van der Waals surface area contributed by atoms with Gasteiger partial charge >= 0.3 is 0 Å². The fourth-order valence-electron chi connectivity index (χ4n) is 10.1. The maximum absolute atomic E-state index is 13.5. The molecule has 4 saturated carbocycles. The van der Waals surface area contributed by atoms with E-state index in [4.69, 9.17) is 14.2 Å². The number of ether oxygens (including phenoxy) is 3. The van der Waals surface area contributed by atoms with Crippen molar-refractivity contribution in [3.05, 3.63) is 173 Å².